The molecular weight excluding hydrogens is 387 g/mol. The minimum Gasteiger partial charge on any atom is -0.277 e. The average molecular weight is 395 g/mol. The summed E-state index contributed by atoms with van der Waals surface area (Å²) in [7, 11) is -3.63. The van der Waals surface area contributed by atoms with Crippen LogP contribution in [0.1, 0.15) is 0 Å². The van der Waals surface area contributed by atoms with Gasteiger partial charge in [-0.3, -0.25) is 9.71 Å². The molecule has 94 valence electrons. The van der Waals surface area contributed by atoms with E-state index in [1.165, 1.54) is 30.6 Å². The summed E-state index contributed by atoms with van der Waals surface area (Å²) in [6.07, 6.45) is 2.86. The first-order valence-electron chi connectivity index (χ1n) is 4.87. The van der Waals surface area contributed by atoms with Crippen molar-refractivity contribution in [1.29, 1.82) is 0 Å². The van der Waals surface area contributed by atoms with Gasteiger partial charge in [0.1, 0.15) is 0 Å². The highest BCUT2D eigenvalue weighted by Crippen LogP contribution is 2.23. The molecule has 4 nitrogen and oxygen atoms in total. The third kappa shape index (κ3) is 3.12. The summed E-state index contributed by atoms with van der Waals surface area (Å²) in [4.78, 5) is 4.01. The van der Waals surface area contributed by atoms with Gasteiger partial charge >= 0.3 is 0 Å². The normalized spacial score (nSPS) is 11.2. The maximum atomic E-state index is 12.1. The van der Waals surface area contributed by atoms with Crippen LogP contribution >= 0.6 is 34.2 Å². The first kappa shape index (κ1) is 13.6. The van der Waals surface area contributed by atoms with E-state index in [9.17, 15) is 8.42 Å². The molecule has 0 saturated carbocycles. The van der Waals surface area contributed by atoms with E-state index < -0.39 is 10.0 Å². The summed E-state index contributed by atoms with van der Waals surface area (Å²) in [5, 5.41) is 0.305. The van der Waals surface area contributed by atoms with E-state index >= 15 is 0 Å². The number of sulfonamides is 1. The van der Waals surface area contributed by atoms with E-state index in [2.05, 4.69) is 32.3 Å². The van der Waals surface area contributed by atoms with Crippen LogP contribution in [0.5, 0.6) is 0 Å². The number of halogens is 2. The molecule has 0 saturated heterocycles. The van der Waals surface area contributed by atoms with Gasteiger partial charge in [0.2, 0.25) is 0 Å². The lowest BCUT2D eigenvalue weighted by Crippen LogP contribution is -2.13. The Morgan fingerprint density at radius 3 is 2.44 bits per heavy atom. The lowest BCUT2D eigenvalue weighted by Gasteiger charge is -2.08. The Morgan fingerprint density at radius 2 is 1.83 bits per heavy atom. The molecule has 0 radical (unpaired) electrons. The molecule has 1 aromatic heterocycles. The van der Waals surface area contributed by atoms with Crippen molar-refractivity contribution in [3.8, 4) is 0 Å². The van der Waals surface area contributed by atoms with Crippen molar-refractivity contribution in [3.63, 3.8) is 0 Å². The van der Waals surface area contributed by atoms with Crippen molar-refractivity contribution in [3.05, 3.63) is 51.3 Å². The van der Waals surface area contributed by atoms with Crippen molar-refractivity contribution in [2.45, 2.75) is 4.90 Å². The molecule has 1 N–H and O–H groups in total. The molecule has 1 heterocycles. The molecule has 7 heteroatoms. The van der Waals surface area contributed by atoms with Crippen LogP contribution in [0.25, 0.3) is 0 Å². The lowest BCUT2D eigenvalue weighted by atomic mass is 10.4. The zero-order valence-corrected chi connectivity index (χ0v) is 12.7. The van der Waals surface area contributed by atoms with Crippen LogP contribution < -0.4 is 4.72 Å². The van der Waals surface area contributed by atoms with Crippen LogP contribution in [0.4, 0.5) is 5.69 Å². The van der Waals surface area contributed by atoms with Gasteiger partial charge in [-0.1, -0.05) is 11.6 Å². The molecule has 0 aliphatic carbocycles. The second-order valence-corrected chi connectivity index (χ2v) is 6.75. The number of nitrogens with one attached hydrogen (secondary N) is 1. The number of nitrogens with zero attached hydrogens (tertiary/aromatic N) is 1. The van der Waals surface area contributed by atoms with E-state index in [0.717, 1.165) is 3.57 Å². The monoisotopic (exact) mass is 394 g/mol. The van der Waals surface area contributed by atoms with Crippen LogP contribution in [0, 0.1) is 3.57 Å². The van der Waals surface area contributed by atoms with Crippen molar-refractivity contribution < 1.29 is 8.42 Å². The molecule has 0 spiro atoms. The Labute approximate surface area is 124 Å². The molecule has 0 amide bonds. The quantitative estimate of drug-likeness (QED) is 0.814. The van der Waals surface area contributed by atoms with Crippen LogP contribution in [0.3, 0.4) is 0 Å². The maximum absolute atomic E-state index is 12.1. The molecule has 2 rings (SSSR count). The van der Waals surface area contributed by atoms with E-state index in [4.69, 9.17) is 11.6 Å². The molecule has 1 aromatic carbocycles. The Morgan fingerprint density at radius 1 is 1.17 bits per heavy atom. The second kappa shape index (κ2) is 5.41. The van der Waals surface area contributed by atoms with E-state index in [0.29, 0.717) is 5.02 Å². The second-order valence-electron chi connectivity index (χ2n) is 3.41. The number of hydrogen-bond acceptors (Lipinski definition) is 3. The van der Waals surface area contributed by atoms with Gasteiger partial charge in [0.05, 0.1) is 21.8 Å². The Kier molecular flexibility index (Phi) is 4.08. The fraction of sp³-hybridized carbons (Fsp3) is 0. The molecular formula is C11H8ClIN2O2S. The Hall–Kier alpha value is -0.860. The van der Waals surface area contributed by atoms with Gasteiger partial charge in [0, 0.05) is 9.77 Å². The van der Waals surface area contributed by atoms with Gasteiger partial charge in [0.25, 0.3) is 10.0 Å². The molecule has 0 aliphatic heterocycles. The van der Waals surface area contributed by atoms with Gasteiger partial charge < -0.3 is 0 Å². The molecule has 0 bridgehead atoms. The molecule has 18 heavy (non-hydrogen) atoms. The van der Waals surface area contributed by atoms with Crippen molar-refractivity contribution >= 4 is 49.9 Å². The molecule has 0 atom stereocenters. The summed E-state index contributed by atoms with van der Waals surface area (Å²) >= 11 is 7.98. The standard InChI is InChI=1S/C11H8ClIN2O2S/c12-10-5-6-14-7-11(10)15-18(16,17)9-3-1-8(13)2-4-9/h1-7,15H. The van der Waals surface area contributed by atoms with Crippen LogP contribution in [0.15, 0.2) is 47.6 Å². The number of aromatic nitrogens is 1. The smallest absolute Gasteiger partial charge is 0.261 e. The fourth-order valence-corrected chi connectivity index (χ4v) is 2.90. The van der Waals surface area contributed by atoms with Gasteiger partial charge in [-0.05, 0) is 52.9 Å². The van der Waals surface area contributed by atoms with Gasteiger partial charge in [-0.25, -0.2) is 8.42 Å². The summed E-state index contributed by atoms with van der Waals surface area (Å²) in [6.45, 7) is 0. The highest BCUT2D eigenvalue weighted by Gasteiger charge is 2.15. The molecule has 0 aliphatic rings. The topological polar surface area (TPSA) is 59.1 Å². The van der Waals surface area contributed by atoms with Crippen molar-refractivity contribution in [2.75, 3.05) is 4.72 Å². The fourth-order valence-electron chi connectivity index (χ4n) is 1.27. The largest absolute Gasteiger partial charge is 0.277 e. The zero-order valence-electron chi connectivity index (χ0n) is 8.97. The van der Waals surface area contributed by atoms with Gasteiger partial charge in [-0.2, -0.15) is 0 Å². The number of anilines is 1. The molecule has 0 unspecified atom stereocenters. The van der Waals surface area contributed by atoms with Crippen LogP contribution in [-0.4, -0.2) is 13.4 Å². The van der Waals surface area contributed by atoms with Crippen molar-refractivity contribution in [2.24, 2.45) is 0 Å². The summed E-state index contributed by atoms with van der Waals surface area (Å²) in [6, 6.07) is 8.04. The summed E-state index contributed by atoms with van der Waals surface area (Å²) in [5.74, 6) is 0. The van der Waals surface area contributed by atoms with E-state index in [-0.39, 0.29) is 10.6 Å². The maximum Gasteiger partial charge on any atom is 0.261 e. The average Bonchev–Trinajstić information content (AvgIpc) is 2.32. The van der Waals surface area contributed by atoms with Crippen LogP contribution in [0.2, 0.25) is 5.02 Å². The highest BCUT2D eigenvalue weighted by atomic mass is 127. The number of rotatable bonds is 3. The van der Waals surface area contributed by atoms with Gasteiger partial charge in [-0.15, -0.1) is 0 Å². The lowest BCUT2D eigenvalue weighted by molar-refractivity contribution is 0.601. The first-order valence-corrected chi connectivity index (χ1v) is 7.81. The highest BCUT2D eigenvalue weighted by molar-refractivity contribution is 14.1. The summed E-state index contributed by atoms with van der Waals surface area (Å²) < 4.78 is 27.5. The van der Waals surface area contributed by atoms with E-state index in [1.54, 1.807) is 12.1 Å². The van der Waals surface area contributed by atoms with Gasteiger partial charge in [0.15, 0.2) is 0 Å². The van der Waals surface area contributed by atoms with E-state index in [1.807, 2.05) is 0 Å². The predicted molar refractivity (Wildman–Crippen MR) is 79.2 cm³/mol. The van der Waals surface area contributed by atoms with Crippen molar-refractivity contribution in [1.82, 2.24) is 4.98 Å². The predicted octanol–water partition coefficient (Wildman–Crippen LogP) is 3.14. The van der Waals surface area contributed by atoms with Crippen LogP contribution in [-0.2, 0) is 10.0 Å². The Balaban J connectivity index is 2.33. The Bertz CT molecular complexity index is 659. The minimum absolute atomic E-state index is 0.183. The minimum atomic E-state index is -3.63. The third-order valence-electron chi connectivity index (χ3n) is 2.14. The molecule has 2 aromatic rings. The zero-order chi connectivity index (χ0) is 13.2. The SMILES string of the molecule is O=S(=O)(Nc1cnccc1Cl)c1ccc(I)cc1. The number of pyridine rings is 1. The first-order chi connectivity index (χ1) is 8.49. The third-order valence-corrected chi connectivity index (χ3v) is 4.57. The molecule has 0 fully saturated rings. The number of benzene rings is 1. The summed E-state index contributed by atoms with van der Waals surface area (Å²) in [5.41, 5.74) is 0.262. The number of hydrogen-bond donors (Lipinski definition) is 1.